The van der Waals surface area contributed by atoms with E-state index in [4.69, 9.17) is 11.6 Å². The first-order valence-electron chi connectivity index (χ1n) is 6.87. The van der Waals surface area contributed by atoms with Crippen LogP contribution in [0.4, 0.5) is 5.13 Å². The Hall–Kier alpha value is -1.92. The number of nitrogens with zero attached hydrogens (tertiary/aromatic N) is 4. The quantitative estimate of drug-likeness (QED) is 0.733. The van der Waals surface area contributed by atoms with Gasteiger partial charge in [0, 0.05) is 30.9 Å². The van der Waals surface area contributed by atoms with Crippen molar-refractivity contribution in [2.24, 2.45) is 7.05 Å². The summed E-state index contributed by atoms with van der Waals surface area (Å²) in [6.07, 6.45) is 0. The summed E-state index contributed by atoms with van der Waals surface area (Å²) in [4.78, 5) is 22.4. The summed E-state index contributed by atoms with van der Waals surface area (Å²) in [6.45, 7) is 4.07. The van der Waals surface area contributed by atoms with Crippen molar-refractivity contribution in [3.63, 3.8) is 0 Å². The molecule has 0 aliphatic heterocycles. The molecule has 0 saturated heterocycles. The number of fused-ring (bicyclic) bond motifs is 1. The molecule has 7 heteroatoms. The van der Waals surface area contributed by atoms with Gasteiger partial charge in [-0.05, 0) is 25.1 Å². The van der Waals surface area contributed by atoms with E-state index in [1.165, 1.54) is 11.3 Å². The fraction of sp³-hybridized carbons (Fsp3) is 0.267. The molecule has 2 aromatic heterocycles. The number of halogens is 1. The third kappa shape index (κ3) is 2.48. The van der Waals surface area contributed by atoms with Crippen LogP contribution in [-0.4, -0.2) is 27.0 Å². The van der Waals surface area contributed by atoms with Gasteiger partial charge in [0.05, 0.1) is 11.0 Å². The zero-order chi connectivity index (χ0) is 15.9. The second kappa shape index (κ2) is 5.70. The van der Waals surface area contributed by atoms with E-state index in [1.807, 2.05) is 42.1 Å². The van der Waals surface area contributed by atoms with Gasteiger partial charge in [-0.3, -0.25) is 9.69 Å². The molecule has 2 heterocycles. The lowest BCUT2D eigenvalue weighted by Gasteiger charge is -2.14. The standard InChI is InChI=1S/C15H15ClN4OS/c1-4-20(9(2)21)15-18-12(8-22-15)14-17-11-7-10(16)5-6-13(11)19(14)3/h5-8H,4H2,1-3H3. The van der Waals surface area contributed by atoms with Crippen LogP contribution in [-0.2, 0) is 11.8 Å². The van der Waals surface area contributed by atoms with Crippen molar-refractivity contribution in [2.45, 2.75) is 13.8 Å². The lowest BCUT2D eigenvalue weighted by atomic mass is 10.3. The Bertz CT molecular complexity index is 854. The average molecular weight is 335 g/mol. The molecule has 22 heavy (non-hydrogen) atoms. The number of amides is 1. The topological polar surface area (TPSA) is 51.0 Å². The maximum Gasteiger partial charge on any atom is 0.225 e. The molecule has 114 valence electrons. The number of hydrogen-bond donors (Lipinski definition) is 0. The van der Waals surface area contributed by atoms with Crippen LogP contribution in [0.1, 0.15) is 13.8 Å². The predicted octanol–water partition coefficient (Wildman–Crippen LogP) is 3.72. The fourth-order valence-electron chi connectivity index (χ4n) is 2.39. The second-order valence-corrected chi connectivity index (χ2v) is 6.18. The Morgan fingerprint density at radius 3 is 2.86 bits per heavy atom. The SMILES string of the molecule is CCN(C(C)=O)c1nc(-c2nc3cc(Cl)ccc3n2C)cs1. The van der Waals surface area contributed by atoms with Gasteiger partial charge in [0.1, 0.15) is 5.69 Å². The van der Waals surface area contributed by atoms with Crippen LogP contribution in [0.3, 0.4) is 0 Å². The van der Waals surface area contributed by atoms with Crippen LogP contribution < -0.4 is 4.90 Å². The highest BCUT2D eigenvalue weighted by atomic mass is 35.5. The summed E-state index contributed by atoms with van der Waals surface area (Å²) < 4.78 is 1.98. The molecule has 0 radical (unpaired) electrons. The number of carbonyl (C=O) groups excluding carboxylic acids is 1. The van der Waals surface area contributed by atoms with Crippen molar-refractivity contribution in [3.05, 3.63) is 28.6 Å². The number of carbonyl (C=O) groups is 1. The highest BCUT2D eigenvalue weighted by Gasteiger charge is 2.17. The minimum atomic E-state index is -0.0137. The molecule has 0 aliphatic rings. The van der Waals surface area contributed by atoms with Crippen LogP contribution in [0.25, 0.3) is 22.6 Å². The van der Waals surface area contributed by atoms with Crippen LogP contribution in [0.2, 0.25) is 5.02 Å². The normalized spacial score (nSPS) is 11.1. The third-order valence-corrected chi connectivity index (χ3v) is 4.59. The Morgan fingerprint density at radius 2 is 2.18 bits per heavy atom. The number of rotatable bonds is 3. The van der Waals surface area contributed by atoms with E-state index >= 15 is 0 Å². The van der Waals surface area contributed by atoms with E-state index in [-0.39, 0.29) is 5.91 Å². The molecule has 0 atom stereocenters. The minimum Gasteiger partial charge on any atom is -0.326 e. The molecule has 1 amide bonds. The number of benzene rings is 1. The zero-order valence-electron chi connectivity index (χ0n) is 12.5. The molecule has 0 bridgehead atoms. The summed E-state index contributed by atoms with van der Waals surface area (Å²) in [6, 6.07) is 5.62. The van der Waals surface area contributed by atoms with Gasteiger partial charge in [0.25, 0.3) is 0 Å². The fourth-order valence-corrected chi connectivity index (χ4v) is 3.46. The van der Waals surface area contributed by atoms with Gasteiger partial charge in [0.15, 0.2) is 11.0 Å². The number of anilines is 1. The first-order chi connectivity index (χ1) is 10.5. The smallest absolute Gasteiger partial charge is 0.225 e. The molecule has 3 rings (SSSR count). The summed E-state index contributed by atoms with van der Waals surface area (Å²) in [5.41, 5.74) is 2.58. The number of aryl methyl sites for hydroxylation is 1. The molecule has 5 nitrogen and oxygen atoms in total. The Balaban J connectivity index is 2.07. The van der Waals surface area contributed by atoms with Crippen molar-refractivity contribution < 1.29 is 4.79 Å². The lowest BCUT2D eigenvalue weighted by Crippen LogP contribution is -2.27. The Morgan fingerprint density at radius 1 is 1.41 bits per heavy atom. The number of hydrogen-bond acceptors (Lipinski definition) is 4. The molecular formula is C15H15ClN4OS. The van der Waals surface area contributed by atoms with Gasteiger partial charge in [-0.1, -0.05) is 11.6 Å². The molecule has 0 fully saturated rings. The van der Waals surface area contributed by atoms with Crippen LogP contribution in [0.15, 0.2) is 23.6 Å². The van der Waals surface area contributed by atoms with Crippen molar-refractivity contribution >= 4 is 45.0 Å². The first-order valence-corrected chi connectivity index (χ1v) is 8.13. The molecule has 0 spiro atoms. The van der Waals surface area contributed by atoms with Crippen molar-refractivity contribution in [3.8, 4) is 11.5 Å². The third-order valence-electron chi connectivity index (χ3n) is 3.49. The summed E-state index contributed by atoms with van der Waals surface area (Å²) in [7, 11) is 1.94. The molecular weight excluding hydrogens is 320 g/mol. The average Bonchev–Trinajstić information content (AvgIpc) is 3.04. The second-order valence-electron chi connectivity index (χ2n) is 4.91. The maximum absolute atomic E-state index is 11.6. The van der Waals surface area contributed by atoms with Gasteiger partial charge in [-0.2, -0.15) is 0 Å². The molecule has 0 N–H and O–H groups in total. The Labute approximate surface area is 137 Å². The summed E-state index contributed by atoms with van der Waals surface area (Å²) in [5, 5.41) is 3.27. The van der Waals surface area contributed by atoms with E-state index in [9.17, 15) is 4.79 Å². The van der Waals surface area contributed by atoms with Gasteiger partial charge < -0.3 is 4.57 Å². The van der Waals surface area contributed by atoms with Crippen molar-refractivity contribution in [1.82, 2.24) is 14.5 Å². The van der Waals surface area contributed by atoms with E-state index in [1.54, 1.807) is 11.8 Å². The van der Waals surface area contributed by atoms with Gasteiger partial charge in [-0.25, -0.2) is 9.97 Å². The molecule has 0 saturated carbocycles. The monoisotopic (exact) mass is 334 g/mol. The molecule has 0 unspecified atom stereocenters. The van der Waals surface area contributed by atoms with Crippen LogP contribution in [0, 0.1) is 0 Å². The van der Waals surface area contributed by atoms with E-state index < -0.39 is 0 Å². The highest BCUT2D eigenvalue weighted by Crippen LogP contribution is 2.29. The van der Waals surface area contributed by atoms with Crippen molar-refractivity contribution in [1.29, 1.82) is 0 Å². The molecule has 3 aromatic rings. The number of thiazole rings is 1. The van der Waals surface area contributed by atoms with Gasteiger partial charge in [-0.15, -0.1) is 11.3 Å². The summed E-state index contributed by atoms with van der Waals surface area (Å²) in [5.74, 6) is 0.750. The minimum absolute atomic E-state index is 0.0137. The predicted molar refractivity (Wildman–Crippen MR) is 90.5 cm³/mol. The van der Waals surface area contributed by atoms with Gasteiger partial charge in [0.2, 0.25) is 5.91 Å². The lowest BCUT2D eigenvalue weighted by molar-refractivity contribution is -0.116. The van der Waals surface area contributed by atoms with E-state index in [2.05, 4.69) is 9.97 Å². The highest BCUT2D eigenvalue weighted by molar-refractivity contribution is 7.14. The number of aromatic nitrogens is 3. The molecule has 1 aromatic carbocycles. The number of imidazole rings is 1. The van der Waals surface area contributed by atoms with Crippen LogP contribution >= 0.6 is 22.9 Å². The molecule has 0 aliphatic carbocycles. The zero-order valence-corrected chi connectivity index (χ0v) is 14.1. The largest absolute Gasteiger partial charge is 0.326 e. The van der Waals surface area contributed by atoms with Crippen molar-refractivity contribution in [2.75, 3.05) is 11.4 Å². The Kier molecular flexibility index (Phi) is 3.88. The van der Waals surface area contributed by atoms with Gasteiger partial charge >= 0.3 is 0 Å². The van der Waals surface area contributed by atoms with E-state index in [0.29, 0.717) is 16.7 Å². The van der Waals surface area contributed by atoms with E-state index in [0.717, 1.165) is 22.6 Å². The van der Waals surface area contributed by atoms with Crippen LogP contribution in [0.5, 0.6) is 0 Å². The first kappa shape index (κ1) is 15.0. The summed E-state index contributed by atoms with van der Waals surface area (Å²) >= 11 is 7.46. The maximum atomic E-state index is 11.6.